The summed E-state index contributed by atoms with van der Waals surface area (Å²) < 4.78 is 0. The molecule has 10 heavy (non-hydrogen) atoms. The fraction of sp³-hybridized carbons (Fsp3) is 1.00. The van der Waals surface area contributed by atoms with Crippen molar-refractivity contribution in [1.29, 1.82) is 0 Å². The first kappa shape index (κ1) is 8.06. The summed E-state index contributed by atoms with van der Waals surface area (Å²) >= 11 is 0. The fourth-order valence-corrected chi connectivity index (χ4v) is 2.12. The molecular weight excluding hydrogens is 122 g/mol. The Morgan fingerprint density at radius 1 is 1.20 bits per heavy atom. The first-order valence-corrected chi connectivity index (χ1v) is 4.40. The number of nitrogens with one attached hydrogen (secondary N) is 1. The minimum absolute atomic E-state index is 0.486. The molecule has 0 aromatic carbocycles. The maximum atomic E-state index is 3.48. The second-order valence-corrected chi connectivity index (χ2v) is 3.77. The molecule has 60 valence electrons. The van der Waals surface area contributed by atoms with Gasteiger partial charge in [-0.2, -0.15) is 0 Å². The Kier molecular flexibility index (Phi) is 2.35. The van der Waals surface area contributed by atoms with Crippen molar-refractivity contribution < 1.29 is 0 Å². The summed E-state index contributed by atoms with van der Waals surface area (Å²) in [6.45, 7) is 4.64. The van der Waals surface area contributed by atoms with E-state index < -0.39 is 0 Å². The van der Waals surface area contributed by atoms with Gasteiger partial charge in [-0.3, -0.25) is 0 Å². The second-order valence-electron chi connectivity index (χ2n) is 3.77. The molecule has 1 saturated carbocycles. The molecule has 0 spiro atoms. The molecule has 1 aliphatic rings. The predicted octanol–water partition coefficient (Wildman–Crippen LogP) is 2.17. The number of hydrogen-bond donors (Lipinski definition) is 1. The molecule has 1 aliphatic carbocycles. The maximum Gasteiger partial charge on any atom is 0.0201 e. The number of rotatable bonds is 2. The molecule has 0 heterocycles. The third-order valence-corrected chi connectivity index (χ3v) is 3.10. The van der Waals surface area contributed by atoms with Crippen LogP contribution in [-0.2, 0) is 0 Å². The topological polar surface area (TPSA) is 12.0 Å². The molecule has 1 N–H and O–H groups in total. The summed E-state index contributed by atoms with van der Waals surface area (Å²) in [6, 6.07) is 0. The van der Waals surface area contributed by atoms with E-state index in [-0.39, 0.29) is 0 Å². The van der Waals surface area contributed by atoms with Crippen LogP contribution in [0.5, 0.6) is 0 Å². The van der Waals surface area contributed by atoms with Crippen molar-refractivity contribution in [3.05, 3.63) is 0 Å². The third kappa shape index (κ3) is 1.20. The van der Waals surface area contributed by atoms with Crippen LogP contribution in [0, 0.1) is 5.92 Å². The van der Waals surface area contributed by atoms with E-state index in [9.17, 15) is 0 Å². The molecule has 0 amide bonds. The Morgan fingerprint density at radius 2 is 1.70 bits per heavy atom. The molecule has 0 atom stereocenters. The Morgan fingerprint density at radius 3 is 1.90 bits per heavy atom. The van der Waals surface area contributed by atoms with Crippen LogP contribution in [0.2, 0.25) is 0 Å². The van der Waals surface area contributed by atoms with Gasteiger partial charge in [0.2, 0.25) is 0 Å². The summed E-state index contributed by atoms with van der Waals surface area (Å²) in [6.07, 6.45) is 5.58. The summed E-state index contributed by atoms with van der Waals surface area (Å²) in [5, 5.41) is 3.48. The van der Waals surface area contributed by atoms with Gasteiger partial charge in [-0.05, 0) is 25.8 Å². The monoisotopic (exact) mass is 141 g/mol. The zero-order chi connectivity index (χ0) is 7.61. The lowest BCUT2D eigenvalue weighted by Gasteiger charge is -2.33. The quantitative estimate of drug-likeness (QED) is 0.621. The second kappa shape index (κ2) is 2.91. The smallest absolute Gasteiger partial charge is 0.0201 e. The highest BCUT2D eigenvalue weighted by Gasteiger charge is 2.34. The molecule has 0 aliphatic heterocycles. The average Bonchev–Trinajstić information content (AvgIpc) is 2.35. The van der Waals surface area contributed by atoms with Crippen LogP contribution in [0.4, 0.5) is 0 Å². The molecule has 0 saturated heterocycles. The Balaban J connectivity index is 2.58. The highest BCUT2D eigenvalue weighted by molar-refractivity contribution is 4.93. The Labute approximate surface area is 64.2 Å². The lowest BCUT2D eigenvalue weighted by Crippen LogP contribution is -2.44. The first-order chi connectivity index (χ1) is 4.71. The van der Waals surface area contributed by atoms with Crippen LogP contribution < -0.4 is 5.32 Å². The van der Waals surface area contributed by atoms with Crippen LogP contribution >= 0.6 is 0 Å². The van der Waals surface area contributed by atoms with Crippen LogP contribution in [0.25, 0.3) is 0 Å². The highest BCUT2D eigenvalue weighted by atomic mass is 15.0. The van der Waals surface area contributed by atoms with E-state index >= 15 is 0 Å². The van der Waals surface area contributed by atoms with E-state index in [4.69, 9.17) is 0 Å². The molecule has 0 bridgehead atoms. The zero-order valence-corrected chi connectivity index (χ0v) is 7.41. The van der Waals surface area contributed by atoms with Gasteiger partial charge in [0, 0.05) is 5.54 Å². The average molecular weight is 141 g/mol. The van der Waals surface area contributed by atoms with Gasteiger partial charge in [-0.1, -0.05) is 26.7 Å². The van der Waals surface area contributed by atoms with Gasteiger partial charge < -0.3 is 5.32 Å². The van der Waals surface area contributed by atoms with E-state index in [1.807, 2.05) is 0 Å². The summed E-state index contributed by atoms with van der Waals surface area (Å²) in [5.74, 6) is 0.792. The van der Waals surface area contributed by atoms with Gasteiger partial charge in [0.15, 0.2) is 0 Å². The van der Waals surface area contributed by atoms with Crippen molar-refractivity contribution >= 4 is 0 Å². The molecule has 1 heteroatoms. The zero-order valence-electron chi connectivity index (χ0n) is 7.41. The minimum atomic E-state index is 0.486. The van der Waals surface area contributed by atoms with E-state index in [1.165, 1.54) is 25.7 Å². The molecule has 1 nitrogen and oxygen atoms in total. The van der Waals surface area contributed by atoms with Crippen molar-refractivity contribution in [3.8, 4) is 0 Å². The standard InChI is InChI=1S/C9H19N/c1-8(2)9(10-3)6-4-5-7-9/h8,10H,4-7H2,1-3H3. The molecule has 0 aromatic heterocycles. The SMILES string of the molecule is CNC1(C(C)C)CCCC1. The van der Waals surface area contributed by atoms with Gasteiger partial charge in [-0.25, -0.2) is 0 Å². The van der Waals surface area contributed by atoms with Crippen molar-refractivity contribution in [2.45, 2.75) is 45.1 Å². The number of hydrogen-bond acceptors (Lipinski definition) is 1. The summed E-state index contributed by atoms with van der Waals surface area (Å²) in [4.78, 5) is 0. The maximum absolute atomic E-state index is 3.48. The van der Waals surface area contributed by atoms with Gasteiger partial charge >= 0.3 is 0 Å². The van der Waals surface area contributed by atoms with Crippen LogP contribution in [-0.4, -0.2) is 12.6 Å². The predicted molar refractivity (Wildman–Crippen MR) is 45.1 cm³/mol. The fourth-order valence-electron chi connectivity index (χ4n) is 2.12. The van der Waals surface area contributed by atoms with Gasteiger partial charge in [0.25, 0.3) is 0 Å². The van der Waals surface area contributed by atoms with E-state index in [0.29, 0.717) is 5.54 Å². The molecule has 0 unspecified atom stereocenters. The lowest BCUT2D eigenvalue weighted by atomic mass is 9.85. The van der Waals surface area contributed by atoms with Crippen molar-refractivity contribution in [2.24, 2.45) is 5.92 Å². The van der Waals surface area contributed by atoms with Gasteiger partial charge in [0.05, 0.1) is 0 Å². The van der Waals surface area contributed by atoms with Gasteiger partial charge in [-0.15, -0.1) is 0 Å². The van der Waals surface area contributed by atoms with Crippen molar-refractivity contribution in [1.82, 2.24) is 5.32 Å². The Hall–Kier alpha value is -0.0400. The molecule has 1 rings (SSSR count). The first-order valence-electron chi connectivity index (χ1n) is 4.40. The molecule has 0 radical (unpaired) electrons. The molecule has 0 aromatic rings. The lowest BCUT2D eigenvalue weighted by molar-refractivity contribution is 0.260. The van der Waals surface area contributed by atoms with Gasteiger partial charge in [0.1, 0.15) is 0 Å². The molecular formula is C9H19N. The molecule has 1 fully saturated rings. The minimum Gasteiger partial charge on any atom is -0.314 e. The Bertz CT molecular complexity index is 101. The summed E-state index contributed by atoms with van der Waals surface area (Å²) in [5.41, 5.74) is 0.486. The highest BCUT2D eigenvalue weighted by Crippen LogP contribution is 2.35. The van der Waals surface area contributed by atoms with E-state index in [2.05, 4.69) is 26.2 Å². The normalized spacial score (nSPS) is 24.0. The van der Waals surface area contributed by atoms with Crippen LogP contribution in [0.3, 0.4) is 0 Å². The van der Waals surface area contributed by atoms with E-state index in [0.717, 1.165) is 5.92 Å². The van der Waals surface area contributed by atoms with Crippen molar-refractivity contribution in [3.63, 3.8) is 0 Å². The summed E-state index contributed by atoms with van der Waals surface area (Å²) in [7, 11) is 2.10. The van der Waals surface area contributed by atoms with Crippen LogP contribution in [0.1, 0.15) is 39.5 Å². The largest absolute Gasteiger partial charge is 0.314 e. The van der Waals surface area contributed by atoms with E-state index in [1.54, 1.807) is 0 Å². The van der Waals surface area contributed by atoms with Crippen molar-refractivity contribution in [2.75, 3.05) is 7.05 Å². The third-order valence-electron chi connectivity index (χ3n) is 3.10. The van der Waals surface area contributed by atoms with Crippen LogP contribution in [0.15, 0.2) is 0 Å².